The molecule has 1 aliphatic rings. The first-order chi connectivity index (χ1) is 15.6. The molecule has 4 aromatic rings. The van der Waals surface area contributed by atoms with Gasteiger partial charge in [-0.15, -0.1) is 0 Å². The largest absolute Gasteiger partial charge is 0.383 e. The molecular formula is C24H24N6O2. The number of hydrogen-bond acceptors (Lipinski definition) is 6. The molecule has 0 spiro atoms. The quantitative estimate of drug-likeness (QED) is 0.475. The molecule has 1 saturated heterocycles. The number of benzene rings is 2. The summed E-state index contributed by atoms with van der Waals surface area (Å²) in [5.74, 6) is -0.109. The molecule has 8 heteroatoms. The van der Waals surface area contributed by atoms with E-state index in [4.69, 9.17) is 20.4 Å². The summed E-state index contributed by atoms with van der Waals surface area (Å²) in [7, 11) is 0. The van der Waals surface area contributed by atoms with Crippen molar-refractivity contribution in [3.8, 4) is 0 Å². The highest BCUT2D eigenvalue weighted by Crippen LogP contribution is 2.28. The molecular weight excluding hydrogens is 404 g/mol. The SMILES string of the molecule is Cc1ccccc1C=Nn1c(N)c(C(=O)NCC2CCCO2)c2nc3ccccc3nc21. The van der Waals surface area contributed by atoms with Gasteiger partial charge in [-0.1, -0.05) is 36.4 Å². The molecule has 32 heavy (non-hydrogen) atoms. The second kappa shape index (κ2) is 8.39. The van der Waals surface area contributed by atoms with E-state index in [9.17, 15) is 4.79 Å². The first-order valence-corrected chi connectivity index (χ1v) is 10.7. The molecule has 1 amide bonds. The highest BCUT2D eigenvalue weighted by molar-refractivity contribution is 6.10. The van der Waals surface area contributed by atoms with Gasteiger partial charge in [0, 0.05) is 13.2 Å². The third-order valence-electron chi connectivity index (χ3n) is 5.72. The predicted octanol–water partition coefficient (Wildman–Crippen LogP) is 3.27. The molecule has 0 bridgehead atoms. The smallest absolute Gasteiger partial charge is 0.257 e. The Morgan fingerprint density at radius 1 is 1.22 bits per heavy atom. The lowest BCUT2D eigenvalue weighted by molar-refractivity contribution is 0.0859. The third kappa shape index (κ3) is 3.69. The number of nitrogens with two attached hydrogens (primary N) is 1. The zero-order chi connectivity index (χ0) is 22.1. The minimum Gasteiger partial charge on any atom is -0.383 e. The van der Waals surface area contributed by atoms with Crippen LogP contribution >= 0.6 is 0 Å². The van der Waals surface area contributed by atoms with Crippen molar-refractivity contribution in [1.82, 2.24) is 20.0 Å². The van der Waals surface area contributed by atoms with E-state index in [1.807, 2.05) is 55.5 Å². The number of hydrogen-bond donors (Lipinski definition) is 2. The number of amides is 1. The standard InChI is InChI=1S/C24H24N6O2/c1-15-7-2-3-8-16(15)13-27-30-22(25)20(24(31)26-14-17-9-6-12-32-17)21-23(30)29-19-11-5-4-10-18(19)28-21/h2-5,7-8,10-11,13,17H,6,9,12,14,25H2,1H3,(H,26,31). The number of para-hydroxylation sites is 2. The van der Waals surface area contributed by atoms with E-state index in [0.717, 1.165) is 30.6 Å². The summed E-state index contributed by atoms with van der Waals surface area (Å²) < 4.78 is 7.10. The molecule has 8 nitrogen and oxygen atoms in total. The van der Waals surface area contributed by atoms with Crippen LogP contribution in [0.1, 0.15) is 34.3 Å². The van der Waals surface area contributed by atoms with Crippen LogP contribution in [0.15, 0.2) is 53.6 Å². The average molecular weight is 428 g/mol. The highest BCUT2D eigenvalue weighted by Gasteiger charge is 2.25. The normalized spacial score (nSPS) is 16.3. The van der Waals surface area contributed by atoms with Crippen LogP contribution in [0.2, 0.25) is 0 Å². The highest BCUT2D eigenvalue weighted by atomic mass is 16.5. The average Bonchev–Trinajstić information content (AvgIpc) is 3.41. The van der Waals surface area contributed by atoms with Crippen LogP contribution in [-0.2, 0) is 4.74 Å². The van der Waals surface area contributed by atoms with E-state index < -0.39 is 0 Å². The summed E-state index contributed by atoms with van der Waals surface area (Å²) in [5, 5.41) is 7.51. The monoisotopic (exact) mass is 428 g/mol. The lowest BCUT2D eigenvalue weighted by atomic mass is 10.1. The molecule has 1 aliphatic heterocycles. The fraction of sp³-hybridized carbons (Fsp3) is 0.250. The van der Waals surface area contributed by atoms with Gasteiger partial charge in [0.15, 0.2) is 5.65 Å². The number of nitrogens with zero attached hydrogens (tertiary/aromatic N) is 4. The maximum atomic E-state index is 13.1. The Kier molecular flexibility index (Phi) is 5.28. The van der Waals surface area contributed by atoms with Crippen LogP contribution in [0.3, 0.4) is 0 Å². The number of aromatic nitrogens is 3. The molecule has 162 valence electrons. The van der Waals surface area contributed by atoms with Gasteiger partial charge in [0.1, 0.15) is 16.9 Å². The van der Waals surface area contributed by atoms with Crippen LogP contribution in [0.25, 0.3) is 22.2 Å². The maximum Gasteiger partial charge on any atom is 0.257 e. The van der Waals surface area contributed by atoms with Crippen LogP contribution < -0.4 is 11.1 Å². The number of nitrogen functional groups attached to an aromatic ring is 1. The number of fused-ring (bicyclic) bond motifs is 2. The Morgan fingerprint density at radius 3 is 2.72 bits per heavy atom. The van der Waals surface area contributed by atoms with Crippen molar-refractivity contribution in [2.45, 2.75) is 25.9 Å². The third-order valence-corrected chi connectivity index (χ3v) is 5.72. The molecule has 0 radical (unpaired) electrons. The van der Waals surface area contributed by atoms with Gasteiger partial charge in [-0.3, -0.25) is 4.79 Å². The molecule has 3 heterocycles. The van der Waals surface area contributed by atoms with Crippen molar-refractivity contribution < 1.29 is 9.53 Å². The number of carbonyl (C=O) groups is 1. The van der Waals surface area contributed by atoms with Gasteiger partial charge in [0.25, 0.3) is 5.91 Å². The maximum absolute atomic E-state index is 13.1. The van der Waals surface area contributed by atoms with E-state index in [0.29, 0.717) is 28.7 Å². The molecule has 3 N–H and O–H groups in total. The van der Waals surface area contributed by atoms with Gasteiger partial charge in [0.05, 0.1) is 23.4 Å². The summed E-state index contributed by atoms with van der Waals surface area (Å²) >= 11 is 0. The van der Waals surface area contributed by atoms with Crippen molar-refractivity contribution in [3.63, 3.8) is 0 Å². The summed E-state index contributed by atoms with van der Waals surface area (Å²) in [6.45, 7) is 3.17. The zero-order valence-electron chi connectivity index (χ0n) is 17.8. The van der Waals surface area contributed by atoms with E-state index in [1.165, 1.54) is 4.68 Å². The molecule has 1 unspecified atom stereocenters. The van der Waals surface area contributed by atoms with E-state index in [-0.39, 0.29) is 23.4 Å². The van der Waals surface area contributed by atoms with Gasteiger partial charge >= 0.3 is 0 Å². The molecule has 5 rings (SSSR count). The van der Waals surface area contributed by atoms with Crippen LogP contribution in [0, 0.1) is 6.92 Å². The lowest BCUT2D eigenvalue weighted by Crippen LogP contribution is -2.32. The summed E-state index contributed by atoms with van der Waals surface area (Å²) in [6.07, 6.45) is 3.69. The number of carbonyl (C=O) groups excluding carboxylic acids is 1. The van der Waals surface area contributed by atoms with Gasteiger partial charge in [-0.05, 0) is 43.0 Å². The van der Waals surface area contributed by atoms with Crippen molar-refractivity contribution in [2.75, 3.05) is 18.9 Å². The molecule has 0 aliphatic carbocycles. The Morgan fingerprint density at radius 2 is 1.97 bits per heavy atom. The number of aryl methyl sites for hydroxylation is 1. The van der Waals surface area contributed by atoms with Gasteiger partial charge in [-0.25, -0.2) is 9.97 Å². The zero-order valence-corrected chi connectivity index (χ0v) is 17.8. The first kappa shape index (κ1) is 20.1. The first-order valence-electron chi connectivity index (χ1n) is 10.7. The Bertz CT molecular complexity index is 1340. The Balaban J connectivity index is 1.60. The summed E-state index contributed by atoms with van der Waals surface area (Å²) in [5.41, 5.74) is 11.0. The van der Waals surface area contributed by atoms with Crippen molar-refractivity contribution in [3.05, 3.63) is 65.2 Å². The summed E-state index contributed by atoms with van der Waals surface area (Å²) in [4.78, 5) is 22.6. The number of rotatable bonds is 5. The van der Waals surface area contributed by atoms with Gasteiger partial charge in [-0.2, -0.15) is 9.78 Å². The molecule has 2 aromatic heterocycles. The summed E-state index contributed by atoms with van der Waals surface area (Å²) in [6, 6.07) is 15.4. The van der Waals surface area contributed by atoms with E-state index >= 15 is 0 Å². The fourth-order valence-electron chi connectivity index (χ4n) is 3.94. The Hall–Kier alpha value is -3.78. The number of nitrogens with one attached hydrogen (secondary N) is 1. The van der Waals surface area contributed by atoms with Crippen LogP contribution in [0.4, 0.5) is 5.82 Å². The van der Waals surface area contributed by atoms with Crippen LogP contribution in [-0.4, -0.2) is 46.0 Å². The molecule has 1 fully saturated rings. The molecule has 0 saturated carbocycles. The minimum absolute atomic E-state index is 0.0273. The van der Waals surface area contributed by atoms with Crippen LogP contribution in [0.5, 0.6) is 0 Å². The second-order valence-electron chi connectivity index (χ2n) is 7.90. The van der Waals surface area contributed by atoms with Crippen molar-refractivity contribution >= 4 is 40.1 Å². The van der Waals surface area contributed by atoms with Crippen molar-refractivity contribution in [2.24, 2.45) is 5.10 Å². The van der Waals surface area contributed by atoms with E-state index in [2.05, 4.69) is 10.4 Å². The Labute approximate surface area is 185 Å². The van der Waals surface area contributed by atoms with Gasteiger partial charge in [0.2, 0.25) is 0 Å². The fourth-order valence-corrected chi connectivity index (χ4v) is 3.94. The minimum atomic E-state index is -0.308. The molecule has 2 aromatic carbocycles. The second-order valence-corrected chi connectivity index (χ2v) is 7.90. The predicted molar refractivity (Wildman–Crippen MR) is 125 cm³/mol. The topological polar surface area (TPSA) is 107 Å². The number of anilines is 1. The van der Waals surface area contributed by atoms with E-state index in [1.54, 1.807) is 6.21 Å². The number of ether oxygens (including phenoxy) is 1. The van der Waals surface area contributed by atoms with Crippen molar-refractivity contribution in [1.29, 1.82) is 0 Å². The lowest BCUT2D eigenvalue weighted by Gasteiger charge is -2.10. The van der Waals surface area contributed by atoms with Gasteiger partial charge < -0.3 is 15.8 Å². The molecule has 1 atom stereocenters.